The van der Waals surface area contributed by atoms with E-state index in [0.29, 0.717) is 13.0 Å². The van der Waals surface area contributed by atoms with Gasteiger partial charge in [0.15, 0.2) is 0 Å². The Balaban J connectivity index is 0.00000243. The third kappa shape index (κ3) is 4.73. The van der Waals surface area contributed by atoms with Crippen LogP contribution in [0.5, 0.6) is 0 Å². The van der Waals surface area contributed by atoms with Crippen LogP contribution in [0, 0.1) is 0 Å². The Morgan fingerprint density at radius 1 is 1.15 bits per heavy atom. The lowest BCUT2D eigenvalue weighted by Gasteiger charge is -2.26. The summed E-state index contributed by atoms with van der Waals surface area (Å²) in [5, 5.41) is 5.06. The Morgan fingerprint density at radius 3 is 2.58 bits per heavy atom. The quantitative estimate of drug-likeness (QED) is 0.804. The van der Waals surface area contributed by atoms with Crippen molar-refractivity contribution >= 4 is 39.1 Å². The van der Waals surface area contributed by atoms with E-state index in [1.807, 2.05) is 42.5 Å². The van der Waals surface area contributed by atoms with Gasteiger partial charge in [-0.1, -0.05) is 36.4 Å². The van der Waals surface area contributed by atoms with Gasteiger partial charge in [-0.05, 0) is 35.2 Å². The van der Waals surface area contributed by atoms with Crippen LogP contribution < -0.4 is 11.1 Å². The largest absolute Gasteiger partial charge is 0.347 e. The molecular weight excluding hydrogens is 374 g/mol. The van der Waals surface area contributed by atoms with Crippen molar-refractivity contribution in [3.8, 4) is 0 Å². The molecule has 0 bridgehead atoms. The zero-order valence-electron chi connectivity index (χ0n) is 14.4. The van der Waals surface area contributed by atoms with Crippen molar-refractivity contribution in [3.63, 3.8) is 0 Å². The summed E-state index contributed by atoms with van der Waals surface area (Å²) in [6, 6.07) is 13.6. The van der Waals surface area contributed by atoms with E-state index in [-0.39, 0.29) is 43.2 Å². The number of benzene rings is 2. The Bertz CT molecular complexity index is 873. The molecule has 3 rings (SSSR count). The molecule has 1 aliphatic rings. The van der Waals surface area contributed by atoms with Crippen molar-refractivity contribution in [2.75, 3.05) is 25.4 Å². The van der Waals surface area contributed by atoms with Crippen molar-refractivity contribution in [2.24, 2.45) is 5.73 Å². The van der Waals surface area contributed by atoms with E-state index in [9.17, 15) is 13.2 Å². The number of amides is 1. The van der Waals surface area contributed by atoms with Gasteiger partial charge in [0, 0.05) is 13.1 Å². The average Bonchev–Trinajstić information content (AvgIpc) is 2.61. The third-order valence-electron chi connectivity index (χ3n) is 4.52. The molecule has 6 nitrogen and oxygen atoms in total. The second-order valence-electron chi connectivity index (χ2n) is 6.32. The van der Waals surface area contributed by atoms with Crippen LogP contribution in [-0.4, -0.2) is 44.0 Å². The zero-order chi connectivity index (χ0) is 17.9. The number of fused-ring (bicyclic) bond motifs is 1. The van der Waals surface area contributed by atoms with Gasteiger partial charge in [0.1, 0.15) is 0 Å². The van der Waals surface area contributed by atoms with Crippen LogP contribution in [-0.2, 0) is 14.8 Å². The van der Waals surface area contributed by atoms with E-state index in [4.69, 9.17) is 5.73 Å². The van der Waals surface area contributed by atoms with Crippen LogP contribution in [0.1, 0.15) is 24.4 Å². The van der Waals surface area contributed by atoms with Gasteiger partial charge < -0.3 is 11.1 Å². The van der Waals surface area contributed by atoms with Gasteiger partial charge in [-0.25, -0.2) is 8.42 Å². The molecule has 1 aliphatic heterocycles. The summed E-state index contributed by atoms with van der Waals surface area (Å²) in [7, 11) is -3.31. The average molecular weight is 398 g/mol. The molecular formula is C18H24ClN3O3S. The summed E-state index contributed by atoms with van der Waals surface area (Å²) in [4.78, 5) is 12.3. The molecule has 1 unspecified atom stereocenters. The normalized spacial score (nSPS) is 18.0. The molecule has 142 valence electrons. The monoisotopic (exact) mass is 397 g/mol. The van der Waals surface area contributed by atoms with Gasteiger partial charge in [-0.15, -0.1) is 12.4 Å². The van der Waals surface area contributed by atoms with Crippen LogP contribution in [0.2, 0.25) is 0 Å². The molecule has 1 amide bonds. The topological polar surface area (TPSA) is 92.5 Å². The maximum Gasteiger partial charge on any atom is 0.235 e. The highest BCUT2D eigenvalue weighted by Gasteiger charge is 2.28. The maximum absolute atomic E-state index is 12.3. The van der Waals surface area contributed by atoms with E-state index >= 15 is 0 Å². The van der Waals surface area contributed by atoms with E-state index in [2.05, 4.69) is 5.32 Å². The van der Waals surface area contributed by atoms with Crippen LogP contribution in [0.25, 0.3) is 10.8 Å². The first-order valence-corrected chi connectivity index (χ1v) is 10.1. The summed E-state index contributed by atoms with van der Waals surface area (Å²) >= 11 is 0. The van der Waals surface area contributed by atoms with Gasteiger partial charge >= 0.3 is 0 Å². The predicted molar refractivity (Wildman–Crippen MR) is 106 cm³/mol. The number of sulfonamides is 1. The van der Waals surface area contributed by atoms with Crippen molar-refractivity contribution in [2.45, 2.75) is 18.9 Å². The summed E-state index contributed by atoms with van der Waals surface area (Å²) in [5.41, 5.74) is 6.75. The molecule has 0 aliphatic carbocycles. The highest BCUT2D eigenvalue weighted by atomic mass is 35.5. The summed E-state index contributed by atoms with van der Waals surface area (Å²) in [5.74, 6) is -0.209. The number of nitrogens with zero attached hydrogens (tertiary/aromatic N) is 1. The van der Waals surface area contributed by atoms with Gasteiger partial charge in [-0.3, -0.25) is 4.79 Å². The van der Waals surface area contributed by atoms with E-state index in [1.165, 1.54) is 4.31 Å². The number of rotatable bonds is 5. The molecule has 0 aromatic heterocycles. The van der Waals surface area contributed by atoms with Crippen molar-refractivity contribution in [1.29, 1.82) is 0 Å². The third-order valence-corrected chi connectivity index (χ3v) is 6.42. The molecule has 8 heteroatoms. The van der Waals surface area contributed by atoms with Crippen LogP contribution in [0.3, 0.4) is 0 Å². The Kier molecular flexibility index (Phi) is 7.00. The first kappa shape index (κ1) is 20.6. The van der Waals surface area contributed by atoms with Gasteiger partial charge in [0.05, 0.1) is 18.3 Å². The molecule has 1 heterocycles. The zero-order valence-corrected chi connectivity index (χ0v) is 16.1. The van der Waals surface area contributed by atoms with E-state index < -0.39 is 10.0 Å². The molecule has 26 heavy (non-hydrogen) atoms. The minimum Gasteiger partial charge on any atom is -0.347 e. The number of hydrogen-bond donors (Lipinski definition) is 2. The van der Waals surface area contributed by atoms with Gasteiger partial charge in [0.25, 0.3) is 0 Å². The highest BCUT2D eigenvalue weighted by Crippen LogP contribution is 2.20. The fourth-order valence-corrected chi connectivity index (χ4v) is 4.67. The van der Waals surface area contributed by atoms with Gasteiger partial charge in [-0.2, -0.15) is 4.31 Å². The maximum atomic E-state index is 12.3. The number of carbonyl (C=O) groups excluding carboxylic acids is 1. The SMILES string of the molecule is Cl.NCC(NC(=O)CN1CCCCS1(=O)=O)c1ccc2ccccc2c1. The van der Waals surface area contributed by atoms with Crippen LogP contribution >= 0.6 is 12.4 Å². The fraction of sp³-hybridized carbons (Fsp3) is 0.389. The van der Waals surface area contributed by atoms with Crippen LogP contribution in [0.4, 0.5) is 0 Å². The molecule has 1 atom stereocenters. The minimum atomic E-state index is -3.31. The molecule has 3 N–H and O–H groups in total. The standard InChI is InChI=1S/C18H23N3O3S.ClH/c19-12-17(16-8-7-14-5-1-2-6-15(14)11-16)20-18(22)13-21-9-3-4-10-25(21,23)24;/h1-2,5-8,11,17H,3-4,9-10,12-13,19H2,(H,20,22);1H. The highest BCUT2D eigenvalue weighted by molar-refractivity contribution is 7.89. The smallest absolute Gasteiger partial charge is 0.235 e. The lowest BCUT2D eigenvalue weighted by molar-refractivity contribution is -0.122. The molecule has 0 saturated carbocycles. The second kappa shape index (κ2) is 8.81. The lowest BCUT2D eigenvalue weighted by Crippen LogP contribution is -2.45. The molecule has 1 fully saturated rings. The molecule has 0 spiro atoms. The number of carbonyl (C=O) groups is 1. The first-order valence-electron chi connectivity index (χ1n) is 8.45. The van der Waals surface area contributed by atoms with Crippen molar-refractivity contribution < 1.29 is 13.2 Å². The van der Waals surface area contributed by atoms with Crippen LogP contribution in [0.15, 0.2) is 42.5 Å². The Labute approximate surface area is 160 Å². The number of hydrogen-bond acceptors (Lipinski definition) is 4. The van der Waals surface area contributed by atoms with Crippen molar-refractivity contribution in [1.82, 2.24) is 9.62 Å². The number of halogens is 1. The Hall–Kier alpha value is -1.67. The predicted octanol–water partition coefficient (Wildman–Crippen LogP) is 1.80. The van der Waals surface area contributed by atoms with Crippen molar-refractivity contribution in [3.05, 3.63) is 48.0 Å². The summed E-state index contributed by atoms with van der Waals surface area (Å²) in [6.07, 6.45) is 1.44. The van der Waals surface area contributed by atoms with E-state index in [0.717, 1.165) is 22.8 Å². The summed E-state index contributed by atoms with van der Waals surface area (Å²) in [6.45, 7) is 0.502. The second-order valence-corrected chi connectivity index (χ2v) is 8.41. The lowest BCUT2D eigenvalue weighted by atomic mass is 10.0. The minimum absolute atomic E-state index is 0. The van der Waals surface area contributed by atoms with E-state index in [1.54, 1.807) is 0 Å². The van der Waals surface area contributed by atoms with Gasteiger partial charge in [0.2, 0.25) is 15.9 Å². The Morgan fingerprint density at radius 2 is 1.88 bits per heavy atom. The summed E-state index contributed by atoms with van der Waals surface area (Å²) < 4.78 is 25.3. The molecule has 1 saturated heterocycles. The molecule has 2 aromatic carbocycles. The molecule has 2 aromatic rings. The molecule has 0 radical (unpaired) electrons. The first-order chi connectivity index (χ1) is 12.0. The fourth-order valence-electron chi connectivity index (χ4n) is 3.12. The number of nitrogens with one attached hydrogen (secondary N) is 1. The number of nitrogens with two attached hydrogens (primary N) is 1.